The van der Waals surface area contributed by atoms with Crippen LogP contribution in [0.25, 0.3) is 11.3 Å². The lowest BCUT2D eigenvalue weighted by Crippen LogP contribution is -2.13. The summed E-state index contributed by atoms with van der Waals surface area (Å²) in [4.78, 5) is 16.5. The highest BCUT2D eigenvalue weighted by Crippen LogP contribution is 2.26. The summed E-state index contributed by atoms with van der Waals surface area (Å²) in [6.45, 7) is 3.82. The number of carbonyl (C=O) groups is 1. The third-order valence-electron chi connectivity index (χ3n) is 3.66. The Balaban J connectivity index is 1.80. The van der Waals surface area contributed by atoms with Gasteiger partial charge in [0.15, 0.2) is 5.89 Å². The molecule has 5 heteroatoms. The van der Waals surface area contributed by atoms with Crippen LogP contribution in [0.4, 0.5) is 10.1 Å². The smallest absolute Gasteiger partial charge is 0.258 e. The van der Waals surface area contributed by atoms with Crippen LogP contribution in [-0.2, 0) is 6.42 Å². The fraction of sp³-hybridized carbons (Fsp3) is 0.158. The van der Waals surface area contributed by atoms with E-state index in [9.17, 15) is 9.18 Å². The normalized spacial score (nSPS) is 10.6. The molecule has 0 fully saturated rings. The fourth-order valence-electron chi connectivity index (χ4n) is 2.49. The average Bonchev–Trinajstić information content (AvgIpc) is 2.97. The minimum atomic E-state index is -0.544. The predicted molar refractivity (Wildman–Crippen MR) is 90.4 cm³/mol. The zero-order valence-corrected chi connectivity index (χ0v) is 13.5. The van der Waals surface area contributed by atoms with E-state index in [1.807, 2.05) is 26.0 Å². The number of benzene rings is 2. The van der Waals surface area contributed by atoms with E-state index in [-0.39, 0.29) is 5.56 Å². The number of nitrogens with one attached hydrogen (secondary N) is 1. The maximum Gasteiger partial charge on any atom is 0.258 e. The summed E-state index contributed by atoms with van der Waals surface area (Å²) in [6, 6.07) is 13.1. The second-order valence-corrected chi connectivity index (χ2v) is 5.37. The zero-order valence-electron chi connectivity index (χ0n) is 13.5. The minimum absolute atomic E-state index is 0.0157. The van der Waals surface area contributed by atoms with Gasteiger partial charge in [-0.3, -0.25) is 4.79 Å². The lowest BCUT2D eigenvalue weighted by Gasteiger charge is -2.07. The summed E-state index contributed by atoms with van der Waals surface area (Å²) in [5, 5.41) is 2.69. The molecule has 1 N–H and O–H groups in total. The molecule has 0 aliphatic rings. The highest BCUT2D eigenvalue weighted by atomic mass is 19.1. The Hall–Kier alpha value is -2.95. The number of nitrogens with zero attached hydrogens (tertiary/aromatic N) is 1. The molecular formula is C19H17FN2O2. The zero-order chi connectivity index (χ0) is 17.1. The van der Waals surface area contributed by atoms with Crippen LogP contribution >= 0.6 is 0 Å². The molecule has 4 nitrogen and oxygen atoms in total. The molecule has 0 bridgehead atoms. The molecule has 0 saturated heterocycles. The summed E-state index contributed by atoms with van der Waals surface area (Å²) < 4.78 is 19.2. The van der Waals surface area contributed by atoms with Gasteiger partial charge in [0.05, 0.1) is 5.56 Å². The summed E-state index contributed by atoms with van der Waals surface area (Å²) >= 11 is 0. The molecule has 1 aromatic heterocycles. The van der Waals surface area contributed by atoms with Gasteiger partial charge in [-0.1, -0.05) is 31.2 Å². The quantitative estimate of drug-likeness (QED) is 0.763. The van der Waals surface area contributed by atoms with Crippen molar-refractivity contribution in [3.05, 3.63) is 71.6 Å². The number of aromatic nitrogens is 1. The SMILES string of the molecule is CCc1oc(C)nc1-c1ccc(NC(=O)c2ccccc2F)cc1. The van der Waals surface area contributed by atoms with Crippen molar-refractivity contribution in [3.63, 3.8) is 0 Å². The van der Waals surface area contributed by atoms with E-state index in [1.54, 1.807) is 24.3 Å². The van der Waals surface area contributed by atoms with Gasteiger partial charge in [0, 0.05) is 24.6 Å². The Morgan fingerprint density at radius 1 is 1.17 bits per heavy atom. The van der Waals surface area contributed by atoms with Crippen LogP contribution in [0.1, 0.15) is 28.9 Å². The number of rotatable bonds is 4. The number of carbonyl (C=O) groups excluding carboxylic acids is 1. The molecule has 122 valence electrons. The maximum absolute atomic E-state index is 13.6. The maximum atomic E-state index is 13.6. The predicted octanol–water partition coefficient (Wildman–Crippen LogP) is 4.60. The van der Waals surface area contributed by atoms with Gasteiger partial charge in [-0.25, -0.2) is 9.37 Å². The third kappa shape index (κ3) is 3.20. The first kappa shape index (κ1) is 15.9. The Morgan fingerprint density at radius 3 is 2.54 bits per heavy atom. The number of aryl methyl sites for hydroxylation is 2. The van der Waals surface area contributed by atoms with Crippen molar-refractivity contribution in [1.82, 2.24) is 4.98 Å². The number of halogens is 1. The highest BCUT2D eigenvalue weighted by Gasteiger charge is 2.13. The van der Waals surface area contributed by atoms with Crippen LogP contribution in [0.2, 0.25) is 0 Å². The molecule has 1 amide bonds. The van der Waals surface area contributed by atoms with Crippen LogP contribution in [0, 0.1) is 12.7 Å². The molecular weight excluding hydrogens is 307 g/mol. The Morgan fingerprint density at radius 2 is 1.88 bits per heavy atom. The molecule has 2 aromatic carbocycles. The fourth-order valence-corrected chi connectivity index (χ4v) is 2.49. The van der Waals surface area contributed by atoms with Gasteiger partial charge >= 0.3 is 0 Å². The van der Waals surface area contributed by atoms with Crippen molar-refractivity contribution in [3.8, 4) is 11.3 Å². The monoisotopic (exact) mass is 324 g/mol. The second-order valence-electron chi connectivity index (χ2n) is 5.37. The molecule has 0 radical (unpaired) electrons. The van der Waals surface area contributed by atoms with Gasteiger partial charge in [-0.05, 0) is 24.3 Å². The van der Waals surface area contributed by atoms with Gasteiger partial charge in [0.25, 0.3) is 5.91 Å². The number of hydrogen-bond acceptors (Lipinski definition) is 3. The van der Waals surface area contributed by atoms with Crippen molar-refractivity contribution in [2.45, 2.75) is 20.3 Å². The van der Waals surface area contributed by atoms with Crippen LogP contribution in [0.5, 0.6) is 0 Å². The van der Waals surface area contributed by atoms with E-state index < -0.39 is 11.7 Å². The number of anilines is 1. The van der Waals surface area contributed by atoms with Gasteiger partial charge in [0.1, 0.15) is 17.3 Å². The molecule has 24 heavy (non-hydrogen) atoms. The molecule has 3 rings (SSSR count). The van der Waals surface area contributed by atoms with Gasteiger partial charge in [-0.15, -0.1) is 0 Å². The van der Waals surface area contributed by atoms with E-state index in [4.69, 9.17) is 4.42 Å². The van der Waals surface area contributed by atoms with Crippen molar-refractivity contribution >= 4 is 11.6 Å². The largest absolute Gasteiger partial charge is 0.445 e. The molecule has 0 saturated carbocycles. The molecule has 0 aliphatic carbocycles. The van der Waals surface area contributed by atoms with Gasteiger partial charge in [-0.2, -0.15) is 0 Å². The molecule has 0 spiro atoms. The first-order valence-electron chi connectivity index (χ1n) is 7.71. The molecule has 1 heterocycles. The van der Waals surface area contributed by atoms with E-state index in [2.05, 4.69) is 10.3 Å². The molecule has 0 atom stereocenters. The summed E-state index contributed by atoms with van der Waals surface area (Å²) in [7, 11) is 0. The molecule has 0 unspecified atom stereocenters. The van der Waals surface area contributed by atoms with Crippen LogP contribution in [0.3, 0.4) is 0 Å². The van der Waals surface area contributed by atoms with Crippen molar-refractivity contribution in [2.24, 2.45) is 0 Å². The third-order valence-corrected chi connectivity index (χ3v) is 3.66. The van der Waals surface area contributed by atoms with Gasteiger partial charge in [0.2, 0.25) is 0 Å². The van der Waals surface area contributed by atoms with Crippen molar-refractivity contribution < 1.29 is 13.6 Å². The lowest BCUT2D eigenvalue weighted by molar-refractivity contribution is 0.102. The van der Waals surface area contributed by atoms with Crippen LogP contribution in [0.15, 0.2) is 52.9 Å². The Bertz CT molecular complexity index is 869. The summed E-state index contributed by atoms with van der Waals surface area (Å²) in [6.07, 6.45) is 0.752. The van der Waals surface area contributed by atoms with E-state index in [0.717, 1.165) is 23.4 Å². The first-order valence-corrected chi connectivity index (χ1v) is 7.71. The second kappa shape index (κ2) is 6.66. The Kier molecular flexibility index (Phi) is 4.42. The minimum Gasteiger partial charge on any atom is -0.445 e. The average molecular weight is 324 g/mol. The van der Waals surface area contributed by atoms with Crippen LogP contribution in [-0.4, -0.2) is 10.9 Å². The topological polar surface area (TPSA) is 55.1 Å². The number of amides is 1. The van der Waals surface area contributed by atoms with E-state index >= 15 is 0 Å². The summed E-state index contributed by atoms with van der Waals surface area (Å²) in [5.74, 6) is 0.430. The molecule has 3 aromatic rings. The summed E-state index contributed by atoms with van der Waals surface area (Å²) in [5.41, 5.74) is 2.32. The van der Waals surface area contributed by atoms with Crippen LogP contribution < -0.4 is 5.32 Å². The Labute approximate surface area is 139 Å². The molecule has 0 aliphatic heterocycles. The first-order chi connectivity index (χ1) is 11.6. The standard InChI is InChI=1S/C19H17FN2O2/c1-3-17-18(21-12(2)24-17)13-8-10-14(11-9-13)22-19(23)15-6-4-5-7-16(15)20/h4-11H,3H2,1-2H3,(H,22,23). The number of oxazole rings is 1. The lowest BCUT2D eigenvalue weighted by atomic mass is 10.1. The van der Waals surface area contributed by atoms with Crippen molar-refractivity contribution in [1.29, 1.82) is 0 Å². The van der Waals surface area contributed by atoms with Gasteiger partial charge < -0.3 is 9.73 Å². The number of hydrogen-bond donors (Lipinski definition) is 1. The highest BCUT2D eigenvalue weighted by molar-refractivity contribution is 6.04. The van der Waals surface area contributed by atoms with E-state index in [1.165, 1.54) is 12.1 Å². The van der Waals surface area contributed by atoms with E-state index in [0.29, 0.717) is 11.6 Å². The van der Waals surface area contributed by atoms with Crippen molar-refractivity contribution in [2.75, 3.05) is 5.32 Å².